The van der Waals surface area contributed by atoms with Crippen molar-refractivity contribution in [3.63, 3.8) is 0 Å². The van der Waals surface area contributed by atoms with E-state index in [2.05, 4.69) is 24.1 Å². The first-order chi connectivity index (χ1) is 6.24. The second kappa shape index (κ2) is 6.60. The second-order valence-electron chi connectivity index (χ2n) is 3.15. The summed E-state index contributed by atoms with van der Waals surface area (Å²) in [6.07, 6.45) is 1.90. The van der Waals surface area contributed by atoms with Crippen LogP contribution in [-0.4, -0.2) is 19.1 Å². The van der Waals surface area contributed by atoms with Crippen molar-refractivity contribution in [1.29, 1.82) is 0 Å². The minimum Gasteiger partial charge on any atom is -0.250 e. The van der Waals surface area contributed by atoms with Crippen LogP contribution in [0.25, 0.3) is 0 Å². The number of hydrogen-bond donors (Lipinski definition) is 1. The largest absolute Gasteiger partial charge is 0.250 e. The summed E-state index contributed by atoms with van der Waals surface area (Å²) in [6.45, 7) is 3.80. The molecule has 0 saturated heterocycles. The Kier molecular flexibility index (Phi) is 6.21. The van der Waals surface area contributed by atoms with Gasteiger partial charge in [-0.2, -0.15) is 0 Å². The molecule has 0 aromatic heterocycles. The van der Waals surface area contributed by atoms with Crippen LogP contribution in [-0.2, 0) is 0 Å². The summed E-state index contributed by atoms with van der Waals surface area (Å²) in [6, 6.07) is 10.4. The van der Waals surface area contributed by atoms with Gasteiger partial charge in [-0.15, -0.1) is 19.0 Å². The van der Waals surface area contributed by atoms with Gasteiger partial charge in [0.1, 0.15) is 0 Å². The van der Waals surface area contributed by atoms with Gasteiger partial charge in [0.15, 0.2) is 0 Å². The Bertz CT molecular complexity index is 259. The summed E-state index contributed by atoms with van der Waals surface area (Å²) < 4.78 is 0. The van der Waals surface area contributed by atoms with Crippen LogP contribution >= 0.6 is 12.4 Å². The molecule has 0 spiro atoms. The summed E-state index contributed by atoms with van der Waals surface area (Å²) in [4.78, 5) is 0. The molecule has 0 aliphatic rings. The monoisotopic (exact) mass is 212 g/mol. The molecule has 1 atom stereocenters. The summed E-state index contributed by atoms with van der Waals surface area (Å²) >= 11 is 0. The summed E-state index contributed by atoms with van der Waals surface area (Å²) in [5.74, 6) is 0. The summed E-state index contributed by atoms with van der Waals surface area (Å²) in [5.41, 5.74) is 4.49. The van der Waals surface area contributed by atoms with Crippen molar-refractivity contribution in [2.45, 2.75) is 6.04 Å². The van der Waals surface area contributed by atoms with Crippen molar-refractivity contribution < 1.29 is 0 Å². The van der Waals surface area contributed by atoms with Crippen LogP contribution in [0.5, 0.6) is 0 Å². The maximum atomic E-state index is 3.80. The van der Waals surface area contributed by atoms with Crippen LogP contribution in [0.1, 0.15) is 11.6 Å². The van der Waals surface area contributed by atoms with E-state index in [1.165, 1.54) is 5.56 Å². The first kappa shape index (κ1) is 13.2. The molecular weight excluding hydrogens is 196 g/mol. The third-order valence-electron chi connectivity index (χ3n) is 1.79. The number of hydrogen-bond acceptors (Lipinski definition) is 2. The molecule has 14 heavy (non-hydrogen) atoms. The van der Waals surface area contributed by atoms with Crippen LogP contribution in [0, 0.1) is 0 Å². The molecule has 0 saturated carbocycles. The Morgan fingerprint density at radius 3 is 2.29 bits per heavy atom. The normalized spacial score (nSPS) is 11.9. The van der Waals surface area contributed by atoms with Crippen molar-refractivity contribution in [1.82, 2.24) is 10.4 Å². The molecule has 3 heteroatoms. The van der Waals surface area contributed by atoms with Gasteiger partial charge in [0.25, 0.3) is 0 Å². The molecule has 0 amide bonds. The van der Waals surface area contributed by atoms with Gasteiger partial charge in [0.05, 0.1) is 6.04 Å². The molecule has 0 fully saturated rings. The number of benzene rings is 1. The van der Waals surface area contributed by atoms with Gasteiger partial charge < -0.3 is 0 Å². The Morgan fingerprint density at radius 1 is 1.29 bits per heavy atom. The Morgan fingerprint density at radius 2 is 1.86 bits per heavy atom. The van der Waals surface area contributed by atoms with Gasteiger partial charge in [-0.3, -0.25) is 0 Å². The standard InChI is InChI=1S/C11H16N2.ClH/c1-4-11(12-13(2)3)10-8-6-5-7-9-10;/h4-9,11-12H,1H2,2-3H3;1H. The Labute approximate surface area is 92.0 Å². The van der Waals surface area contributed by atoms with E-state index in [4.69, 9.17) is 0 Å². The highest BCUT2D eigenvalue weighted by Crippen LogP contribution is 2.12. The summed E-state index contributed by atoms with van der Waals surface area (Å²) in [7, 11) is 3.94. The fraction of sp³-hybridized carbons (Fsp3) is 0.273. The lowest BCUT2D eigenvalue weighted by Crippen LogP contribution is -2.33. The SMILES string of the molecule is C=CC(NN(C)C)c1ccccc1.Cl. The molecule has 1 rings (SSSR count). The third kappa shape index (κ3) is 3.92. The predicted molar refractivity (Wildman–Crippen MR) is 63.5 cm³/mol. The minimum absolute atomic E-state index is 0. The zero-order valence-corrected chi connectivity index (χ0v) is 9.42. The van der Waals surface area contributed by atoms with E-state index in [1.807, 2.05) is 43.4 Å². The lowest BCUT2D eigenvalue weighted by atomic mass is 10.1. The zero-order chi connectivity index (χ0) is 9.68. The fourth-order valence-corrected chi connectivity index (χ4v) is 1.20. The van der Waals surface area contributed by atoms with E-state index in [1.54, 1.807) is 0 Å². The van der Waals surface area contributed by atoms with E-state index in [0.29, 0.717) is 0 Å². The second-order valence-corrected chi connectivity index (χ2v) is 3.15. The molecule has 0 aliphatic carbocycles. The van der Waals surface area contributed by atoms with E-state index >= 15 is 0 Å². The molecule has 1 aromatic rings. The van der Waals surface area contributed by atoms with Crippen molar-refractivity contribution in [2.24, 2.45) is 0 Å². The molecule has 0 aliphatic heterocycles. The first-order valence-electron chi connectivity index (χ1n) is 4.35. The molecule has 1 N–H and O–H groups in total. The van der Waals surface area contributed by atoms with Crippen LogP contribution in [0.15, 0.2) is 43.0 Å². The number of nitrogens with zero attached hydrogens (tertiary/aromatic N) is 1. The Hall–Kier alpha value is -0.830. The van der Waals surface area contributed by atoms with Crippen molar-refractivity contribution >= 4 is 12.4 Å². The van der Waals surface area contributed by atoms with Crippen LogP contribution in [0.3, 0.4) is 0 Å². The smallest absolute Gasteiger partial charge is 0.0642 e. The molecule has 1 unspecified atom stereocenters. The predicted octanol–water partition coefficient (Wildman–Crippen LogP) is 2.40. The highest BCUT2D eigenvalue weighted by atomic mass is 35.5. The lowest BCUT2D eigenvalue weighted by Gasteiger charge is -2.20. The number of halogens is 1. The molecular formula is C11H17ClN2. The number of hydrazine groups is 1. The molecule has 0 radical (unpaired) electrons. The summed E-state index contributed by atoms with van der Waals surface area (Å²) in [5, 5.41) is 1.93. The molecule has 78 valence electrons. The van der Waals surface area contributed by atoms with Crippen LogP contribution in [0.4, 0.5) is 0 Å². The van der Waals surface area contributed by atoms with E-state index in [-0.39, 0.29) is 18.4 Å². The van der Waals surface area contributed by atoms with Crippen molar-refractivity contribution in [2.75, 3.05) is 14.1 Å². The first-order valence-corrected chi connectivity index (χ1v) is 4.35. The minimum atomic E-state index is 0. The highest BCUT2D eigenvalue weighted by Gasteiger charge is 2.05. The quantitative estimate of drug-likeness (QED) is 0.609. The van der Waals surface area contributed by atoms with Crippen molar-refractivity contribution in [3.8, 4) is 0 Å². The zero-order valence-electron chi connectivity index (χ0n) is 8.60. The van der Waals surface area contributed by atoms with Gasteiger partial charge in [0.2, 0.25) is 0 Å². The van der Waals surface area contributed by atoms with E-state index in [0.717, 1.165) is 0 Å². The van der Waals surface area contributed by atoms with Crippen LogP contribution in [0.2, 0.25) is 0 Å². The third-order valence-corrected chi connectivity index (χ3v) is 1.79. The van der Waals surface area contributed by atoms with Crippen LogP contribution < -0.4 is 5.43 Å². The number of rotatable bonds is 4. The number of nitrogens with one attached hydrogen (secondary N) is 1. The van der Waals surface area contributed by atoms with Gasteiger partial charge >= 0.3 is 0 Å². The van der Waals surface area contributed by atoms with E-state index < -0.39 is 0 Å². The lowest BCUT2D eigenvalue weighted by molar-refractivity contribution is 0.265. The van der Waals surface area contributed by atoms with Crippen molar-refractivity contribution in [3.05, 3.63) is 48.6 Å². The highest BCUT2D eigenvalue weighted by molar-refractivity contribution is 5.85. The average Bonchev–Trinajstić information content (AvgIpc) is 2.15. The molecule has 2 nitrogen and oxygen atoms in total. The van der Waals surface area contributed by atoms with Gasteiger partial charge in [-0.25, -0.2) is 10.4 Å². The van der Waals surface area contributed by atoms with Gasteiger partial charge in [0, 0.05) is 14.1 Å². The topological polar surface area (TPSA) is 15.3 Å². The molecule has 0 bridgehead atoms. The van der Waals surface area contributed by atoms with Gasteiger partial charge in [-0.05, 0) is 5.56 Å². The maximum Gasteiger partial charge on any atom is 0.0642 e. The molecule has 0 heterocycles. The Balaban J connectivity index is 0.00000169. The van der Waals surface area contributed by atoms with E-state index in [9.17, 15) is 0 Å². The average molecular weight is 213 g/mol. The van der Waals surface area contributed by atoms with Gasteiger partial charge in [-0.1, -0.05) is 36.4 Å². The molecule has 1 aromatic carbocycles. The maximum absolute atomic E-state index is 3.80. The fourth-order valence-electron chi connectivity index (χ4n) is 1.20.